The van der Waals surface area contributed by atoms with Gasteiger partial charge in [-0.3, -0.25) is 13.9 Å². The number of sulfonamides is 1. The van der Waals surface area contributed by atoms with Crippen molar-refractivity contribution in [3.05, 3.63) is 29.8 Å². The second-order valence-electron chi connectivity index (χ2n) is 3.61. The molecule has 1 aromatic rings. The van der Waals surface area contributed by atoms with Crippen LogP contribution in [0.4, 0.5) is 5.69 Å². The van der Waals surface area contributed by atoms with Crippen molar-refractivity contribution < 1.29 is 18.0 Å². The number of carbonyl (C=O) groups is 1. The molecule has 0 aliphatic heterocycles. The van der Waals surface area contributed by atoms with Crippen molar-refractivity contribution in [2.24, 2.45) is 0 Å². The van der Waals surface area contributed by atoms with Gasteiger partial charge in [0.1, 0.15) is 0 Å². The van der Waals surface area contributed by atoms with Crippen LogP contribution in [0.5, 0.6) is 0 Å². The highest BCUT2D eigenvalue weighted by Gasteiger charge is 2.19. The van der Waals surface area contributed by atoms with Gasteiger partial charge in [0.15, 0.2) is 0 Å². The normalized spacial score (nSPS) is 11.1. The molecule has 0 heterocycles. The molecule has 0 aromatic heterocycles. The van der Waals surface area contributed by atoms with E-state index < -0.39 is 15.9 Å². The molecular weight excluding hydrogens is 256 g/mol. The maximum absolute atomic E-state index is 11.8. The Morgan fingerprint density at radius 3 is 2.56 bits per heavy atom. The van der Waals surface area contributed by atoms with E-state index in [1.54, 1.807) is 25.1 Å². The van der Waals surface area contributed by atoms with Gasteiger partial charge >= 0.3 is 0 Å². The Labute approximate surface area is 107 Å². The Bertz CT molecular complexity index is 528. The van der Waals surface area contributed by atoms with Crippen LogP contribution >= 0.6 is 0 Å². The van der Waals surface area contributed by atoms with Gasteiger partial charge in [-0.1, -0.05) is 12.1 Å². The van der Waals surface area contributed by atoms with E-state index in [4.69, 9.17) is 4.84 Å². The summed E-state index contributed by atoms with van der Waals surface area (Å²) in [4.78, 5) is 16.6. The van der Waals surface area contributed by atoms with Crippen LogP contribution < -0.4 is 9.79 Å². The highest BCUT2D eigenvalue weighted by Crippen LogP contribution is 2.21. The van der Waals surface area contributed by atoms with Crippen LogP contribution in [0.25, 0.3) is 0 Å². The van der Waals surface area contributed by atoms with Crippen molar-refractivity contribution >= 4 is 21.6 Å². The molecule has 0 aliphatic rings. The lowest BCUT2D eigenvalue weighted by atomic mass is 10.1. The standard InChI is InChI=1S/C11H16N2O4S/c1-4-17-12-11(14)9-7-5-6-8-10(9)13(2)18(3,15)16/h5-8H,4H2,1-3H3,(H,12,14). The number of anilines is 1. The number of hydroxylamine groups is 1. The second-order valence-corrected chi connectivity index (χ2v) is 5.63. The quantitative estimate of drug-likeness (QED) is 0.803. The average molecular weight is 272 g/mol. The lowest BCUT2D eigenvalue weighted by Crippen LogP contribution is -2.30. The molecule has 0 aliphatic carbocycles. The second kappa shape index (κ2) is 5.83. The molecule has 0 bridgehead atoms. The fourth-order valence-electron chi connectivity index (χ4n) is 1.31. The molecular formula is C11H16N2O4S. The highest BCUT2D eigenvalue weighted by molar-refractivity contribution is 7.92. The van der Waals surface area contributed by atoms with Crippen LogP contribution in [0.3, 0.4) is 0 Å². The van der Waals surface area contributed by atoms with Gasteiger partial charge in [0.25, 0.3) is 5.91 Å². The molecule has 0 fully saturated rings. The van der Waals surface area contributed by atoms with E-state index in [9.17, 15) is 13.2 Å². The SMILES string of the molecule is CCONC(=O)c1ccccc1N(C)S(C)(=O)=O. The molecule has 1 aromatic carbocycles. The van der Waals surface area contributed by atoms with Crippen molar-refractivity contribution in [2.45, 2.75) is 6.92 Å². The maximum Gasteiger partial charge on any atom is 0.276 e. The number of rotatable bonds is 5. The number of hydrogen-bond acceptors (Lipinski definition) is 4. The minimum atomic E-state index is -3.42. The van der Waals surface area contributed by atoms with Crippen LogP contribution in [0, 0.1) is 0 Å². The number of amides is 1. The zero-order valence-corrected chi connectivity index (χ0v) is 11.3. The Morgan fingerprint density at radius 1 is 1.39 bits per heavy atom. The molecule has 1 N–H and O–H groups in total. The number of nitrogens with one attached hydrogen (secondary N) is 1. The van der Waals surface area contributed by atoms with Crippen molar-refractivity contribution in [2.75, 3.05) is 24.2 Å². The van der Waals surface area contributed by atoms with E-state index in [1.165, 1.54) is 13.1 Å². The number of nitrogens with zero attached hydrogens (tertiary/aromatic N) is 1. The zero-order valence-electron chi connectivity index (χ0n) is 10.5. The largest absolute Gasteiger partial charge is 0.276 e. The summed E-state index contributed by atoms with van der Waals surface area (Å²) in [6, 6.07) is 6.40. The zero-order chi connectivity index (χ0) is 13.8. The summed E-state index contributed by atoms with van der Waals surface area (Å²) in [5.41, 5.74) is 2.77. The first-order chi connectivity index (χ1) is 8.38. The summed E-state index contributed by atoms with van der Waals surface area (Å²) in [7, 11) is -2.03. The van der Waals surface area contributed by atoms with E-state index in [2.05, 4.69) is 5.48 Å². The number of para-hydroxylation sites is 1. The summed E-state index contributed by atoms with van der Waals surface area (Å²) < 4.78 is 24.0. The Hall–Kier alpha value is -1.60. The molecule has 6 nitrogen and oxygen atoms in total. The van der Waals surface area contributed by atoms with E-state index in [1.807, 2.05) is 0 Å². The van der Waals surface area contributed by atoms with Crippen molar-refractivity contribution in [1.82, 2.24) is 5.48 Å². The molecule has 0 saturated carbocycles. The van der Waals surface area contributed by atoms with Gasteiger partial charge in [-0.2, -0.15) is 0 Å². The number of benzene rings is 1. The summed E-state index contributed by atoms with van der Waals surface area (Å²) in [6.07, 6.45) is 1.07. The van der Waals surface area contributed by atoms with Gasteiger partial charge in [0, 0.05) is 7.05 Å². The molecule has 0 unspecified atom stereocenters. The van der Waals surface area contributed by atoms with Crippen LogP contribution in [0.15, 0.2) is 24.3 Å². The molecule has 0 saturated heterocycles. The third-order valence-electron chi connectivity index (χ3n) is 2.29. The highest BCUT2D eigenvalue weighted by atomic mass is 32.2. The van der Waals surface area contributed by atoms with Gasteiger partial charge in [-0.05, 0) is 19.1 Å². The number of hydrogen-bond donors (Lipinski definition) is 1. The third kappa shape index (κ3) is 3.44. The lowest BCUT2D eigenvalue weighted by Gasteiger charge is -2.19. The van der Waals surface area contributed by atoms with Gasteiger partial charge in [-0.15, -0.1) is 0 Å². The minimum absolute atomic E-state index is 0.235. The fraction of sp³-hybridized carbons (Fsp3) is 0.364. The molecule has 0 spiro atoms. The molecule has 0 atom stereocenters. The summed E-state index contributed by atoms with van der Waals surface area (Å²) in [6.45, 7) is 2.06. The van der Waals surface area contributed by atoms with E-state index in [0.717, 1.165) is 10.6 Å². The molecule has 18 heavy (non-hydrogen) atoms. The minimum Gasteiger partial charge on any atom is -0.274 e. The van der Waals surface area contributed by atoms with Crippen LogP contribution in [0.2, 0.25) is 0 Å². The van der Waals surface area contributed by atoms with E-state index >= 15 is 0 Å². The van der Waals surface area contributed by atoms with Gasteiger partial charge in [0.2, 0.25) is 10.0 Å². The Kier molecular flexibility index (Phi) is 4.69. The van der Waals surface area contributed by atoms with Crippen LogP contribution in [0.1, 0.15) is 17.3 Å². The molecule has 0 radical (unpaired) electrons. The molecule has 7 heteroatoms. The first kappa shape index (κ1) is 14.5. The van der Waals surface area contributed by atoms with Gasteiger partial charge in [0.05, 0.1) is 24.1 Å². The molecule has 1 amide bonds. The average Bonchev–Trinajstić information content (AvgIpc) is 2.34. The van der Waals surface area contributed by atoms with Gasteiger partial charge < -0.3 is 0 Å². The summed E-state index contributed by atoms with van der Waals surface area (Å²) in [5, 5.41) is 0. The lowest BCUT2D eigenvalue weighted by molar-refractivity contribution is 0.0365. The van der Waals surface area contributed by atoms with Gasteiger partial charge in [-0.25, -0.2) is 13.9 Å². The summed E-state index contributed by atoms with van der Waals surface area (Å²) >= 11 is 0. The molecule has 100 valence electrons. The Balaban J connectivity index is 3.11. The van der Waals surface area contributed by atoms with Crippen molar-refractivity contribution in [3.8, 4) is 0 Å². The van der Waals surface area contributed by atoms with Crippen LogP contribution in [-0.2, 0) is 14.9 Å². The fourth-order valence-corrected chi connectivity index (χ4v) is 1.83. The number of carbonyl (C=O) groups excluding carboxylic acids is 1. The first-order valence-electron chi connectivity index (χ1n) is 5.33. The predicted molar refractivity (Wildman–Crippen MR) is 68.8 cm³/mol. The van der Waals surface area contributed by atoms with Crippen molar-refractivity contribution in [3.63, 3.8) is 0 Å². The predicted octanol–water partition coefficient (Wildman–Crippen LogP) is 0.764. The third-order valence-corrected chi connectivity index (χ3v) is 3.49. The maximum atomic E-state index is 11.8. The van der Waals surface area contributed by atoms with E-state index in [0.29, 0.717) is 12.3 Å². The Morgan fingerprint density at radius 2 is 2.00 bits per heavy atom. The summed E-state index contributed by atoms with van der Waals surface area (Å²) in [5.74, 6) is -0.483. The molecule has 1 rings (SSSR count). The smallest absolute Gasteiger partial charge is 0.274 e. The topological polar surface area (TPSA) is 75.7 Å². The van der Waals surface area contributed by atoms with E-state index in [-0.39, 0.29) is 5.56 Å². The monoisotopic (exact) mass is 272 g/mol. The van der Waals surface area contributed by atoms with Crippen molar-refractivity contribution in [1.29, 1.82) is 0 Å². The van der Waals surface area contributed by atoms with Crippen LogP contribution in [-0.4, -0.2) is 34.2 Å². The first-order valence-corrected chi connectivity index (χ1v) is 7.17.